The monoisotopic (exact) mass is 433 g/mol. The minimum absolute atomic E-state index is 0.00896. The van der Waals surface area contributed by atoms with Crippen molar-refractivity contribution in [2.24, 2.45) is 0 Å². The van der Waals surface area contributed by atoms with E-state index in [9.17, 15) is 4.79 Å². The van der Waals surface area contributed by atoms with Crippen molar-refractivity contribution in [1.29, 1.82) is 0 Å². The van der Waals surface area contributed by atoms with E-state index in [-0.39, 0.29) is 12.5 Å². The van der Waals surface area contributed by atoms with E-state index in [1.807, 2.05) is 72.8 Å². The first-order valence-corrected chi connectivity index (χ1v) is 10.7. The van der Waals surface area contributed by atoms with E-state index in [2.05, 4.69) is 16.0 Å². The predicted molar refractivity (Wildman–Crippen MR) is 124 cm³/mol. The van der Waals surface area contributed by atoms with Crippen molar-refractivity contribution >= 4 is 28.5 Å². The fourth-order valence-electron chi connectivity index (χ4n) is 3.48. The standard InChI is InChI=1S/C25H24ClN3O2/c26-21-12-5-4-9-19(21)17-29-23-14-7-6-13-22(23)28-24(29)15-8-16-27-25(30)18-31-20-10-2-1-3-11-20/h1-7,9-14H,8,15-18H2,(H,27,30). The van der Waals surface area contributed by atoms with Crippen LogP contribution in [-0.4, -0.2) is 28.6 Å². The highest BCUT2D eigenvalue weighted by atomic mass is 35.5. The summed E-state index contributed by atoms with van der Waals surface area (Å²) in [5, 5.41) is 3.66. The number of ether oxygens (including phenoxy) is 1. The van der Waals surface area contributed by atoms with Gasteiger partial charge in [0.1, 0.15) is 11.6 Å². The Morgan fingerprint density at radius 1 is 0.968 bits per heavy atom. The van der Waals surface area contributed by atoms with Crippen LogP contribution in [0.5, 0.6) is 5.75 Å². The summed E-state index contributed by atoms with van der Waals surface area (Å²) in [5.41, 5.74) is 3.10. The lowest BCUT2D eigenvalue weighted by Crippen LogP contribution is -2.30. The molecule has 0 unspecified atom stereocenters. The number of amides is 1. The van der Waals surface area contributed by atoms with Crippen LogP contribution in [0.25, 0.3) is 11.0 Å². The van der Waals surface area contributed by atoms with Gasteiger partial charge in [0.2, 0.25) is 0 Å². The molecule has 1 N–H and O–H groups in total. The Balaban J connectivity index is 1.36. The fraction of sp³-hybridized carbons (Fsp3) is 0.200. The normalized spacial score (nSPS) is 10.9. The van der Waals surface area contributed by atoms with Crippen LogP contribution in [0.2, 0.25) is 5.02 Å². The lowest BCUT2D eigenvalue weighted by Gasteiger charge is -2.11. The highest BCUT2D eigenvalue weighted by Gasteiger charge is 2.12. The number of benzene rings is 3. The van der Waals surface area contributed by atoms with E-state index in [1.54, 1.807) is 0 Å². The zero-order valence-corrected chi connectivity index (χ0v) is 17.9. The number of rotatable bonds is 9. The molecule has 0 aliphatic carbocycles. The van der Waals surface area contributed by atoms with Crippen molar-refractivity contribution in [3.8, 4) is 5.75 Å². The number of nitrogens with zero attached hydrogens (tertiary/aromatic N) is 2. The zero-order chi connectivity index (χ0) is 21.5. The first kappa shape index (κ1) is 20.9. The van der Waals surface area contributed by atoms with E-state index >= 15 is 0 Å². The third kappa shape index (κ3) is 5.44. The van der Waals surface area contributed by atoms with Crippen molar-refractivity contribution < 1.29 is 9.53 Å². The Kier molecular flexibility index (Phi) is 6.85. The first-order valence-electron chi connectivity index (χ1n) is 10.3. The largest absolute Gasteiger partial charge is 0.484 e. The summed E-state index contributed by atoms with van der Waals surface area (Å²) in [6.07, 6.45) is 1.53. The number of halogens is 1. The number of aromatic nitrogens is 2. The Labute approximate surface area is 186 Å². The molecule has 6 heteroatoms. The Morgan fingerprint density at radius 2 is 1.71 bits per heavy atom. The molecule has 1 heterocycles. The maximum Gasteiger partial charge on any atom is 0.257 e. The summed E-state index contributed by atoms with van der Waals surface area (Å²) < 4.78 is 7.68. The number of hydrogen-bond donors (Lipinski definition) is 1. The number of fused-ring (bicyclic) bond motifs is 1. The molecular formula is C25H24ClN3O2. The van der Waals surface area contributed by atoms with Gasteiger partial charge in [-0.3, -0.25) is 4.79 Å². The van der Waals surface area contributed by atoms with Crippen molar-refractivity contribution in [2.75, 3.05) is 13.2 Å². The predicted octanol–water partition coefficient (Wildman–Crippen LogP) is 4.87. The highest BCUT2D eigenvalue weighted by Crippen LogP contribution is 2.22. The molecule has 0 aliphatic heterocycles. The molecule has 158 valence electrons. The van der Waals surface area contributed by atoms with Gasteiger partial charge < -0.3 is 14.6 Å². The van der Waals surface area contributed by atoms with Gasteiger partial charge in [0.15, 0.2) is 6.61 Å². The van der Waals surface area contributed by atoms with E-state index in [0.717, 1.165) is 40.3 Å². The molecule has 0 saturated carbocycles. The molecule has 4 rings (SSSR count). The third-order valence-corrected chi connectivity index (χ3v) is 5.40. The van der Waals surface area contributed by atoms with Gasteiger partial charge in [-0.2, -0.15) is 0 Å². The topological polar surface area (TPSA) is 56.1 Å². The van der Waals surface area contributed by atoms with Crippen molar-refractivity contribution in [3.63, 3.8) is 0 Å². The number of carbonyl (C=O) groups excluding carboxylic acids is 1. The van der Waals surface area contributed by atoms with Crippen LogP contribution in [-0.2, 0) is 17.8 Å². The van der Waals surface area contributed by atoms with E-state index in [0.29, 0.717) is 18.8 Å². The van der Waals surface area contributed by atoms with Crippen LogP contribution in [0.4, 0.5) is 0 Å². The Morgan fingerprint density at radius 3 is 2.55 bits per heavy atom. The second-order valence-electron chi connectivity index (χ2n) is 7.25. The summed E-state index contributed by atoms with van der Waals surface area (Å²) in [6.45, 7) is 1.23. The molecule has 0 radical (unpaired) electrons. The summed E-state index contributed by atoms with van der Waals surface area (Å²) >= 11 is 6.39. The number of aryl methyl sites for hydroxylation is 1. The number of hydrogen-bond acceptors (Lipinski definition) is 3. The summed E-state index contributed by atoms with van der Waals surface area (Å²) in [6, 6.07) is 25.3. The molecule has 0 atom stereocenters. The first-order chi connectivity index (χ1) is 15.2. The number of carbonyl (C=O) groups is 1. The maximum atomic E-state index is 12.0. The molecule has 31 heavy (non-hydrogen) atoms. The molecule has 0 saturated heterocycles. The average Bonchev–Trinajstić information content (AvgIpc) is 3.15. The van der Waals surface area contributed by atoms with Gasteiger partial charge in [-0.25, -0.2) is 4.98 Å². The minimum Gasteiger partial charge on any atom is -0.484 e. The lowest BCUT2D eigenvalue weighted by molar-refractivity contribution is -0.123. The molecule has 0 aliphatic rings. The Hall–Kier alpha value is -3.31. The van der Waals surface area contributed by atoms with Crippen LogP contribution < -0.4 is 10.1 Å². The van der Waals surface area contributed by atoms with Gasteiger partial charge in [0.05, 0.1) is 17.6 Å². The summed E-state index contributed by atoms with van der Waals surface area (Å²) in [5.74, 6) is 1.54. The van der Waals surface area contributed by atoms with Gasteiger partial charge >= 0.3 is 0 Å². The van der Waals surface area contributed by atoms with Gasteiger partial charge in [0, 0.05) is 18.0 Å². The van der Waals surface area contributed by atoms with Crippen molar-refractivity contribution in [2.45, 2.75) is 19.4 Å². The quantitative estimate of drug-likeness (QED) is 0.383. The van der Waals surface area contributed by atoms with E-state index in [4.69, 9.17) is 21.3 Å². The molecule has 0 spiro atoms. The molecule has 0 fully saturated rings. The lowest BCUT2D eigenvalue weighted by atomic mass is 10.2. The average molecular weight is 434 g/mol. The SMILES string of the molecule is O=C(COc1ccccc1)NCCCc1nc2ccccc2n1Cc1ccccc1Cl. The number of imidazole rings is 1. The van der Waals surface area contributed by atoms with Crippen molar-refractivity contribution in [1.82, 2.24) is 14.9 Å². The smallest absolute Gasteiger partial charge is 0.257 e. The van der Waals surface area contributed by atoms with Crippen LogP contribution >= 0.6 is 11.6 Å². The zero-order valence-electron chi connectivity index (χ0n) is 17.1. The molecule has 1 amide bonds. The highest BCUT2D eigenvalue weighted by molar-refractivity contribution is 6.31. The fourth-order valence-corrected chi connectivity index (χ4v) is 3.68. The van der Waals surface area contributed by atoms with Gasteiger partial charge in [-0.1, -0.05) is 60.1 Å². The second-order valence-corrected chi connectivity index (χ2v) is 7.66. The third-order valence-electron chi connectivity index (χ3n) is 5.03. The van der Waals surface area contributed by atoms with Gasteiger partial charge in [-0.05, 0) is 42.3 Å². The maximum absolute atomic E-state index is 12.0. The van der Waals surface area contributed by atoms with Crippen LogP contribution in [0.1, 0.15) is 17.8 Å². The molecule has 0 bridgehead atoms. The van der Waals surface area contributed by atoms with Gasteiger partial charge in [0.25, 0.3) is 5.91 Å². The molecule has 4 aromatic rings. The summed E-state index contributed by atoms with van der Waals surface area (Å²) in [7, 11) is 0. The molecule has 3 aromatic carbocycles. The number of para-hydroxylation sites is 3. The number of nitrogens with one attached hydrogen (secondary N) is 1. The van der Waals surface area contributed by atoms with Crippen LogP contribution in [0.15, 0.2) is 78.9 Å². The summed E-state index contributed by atoms with van der Waals surface area (Å²) in [4.78, 5) is 16.9. The van der Waals surface area contributed by atoms with Crippen LogP contribution in [0.3, 0.4) is 0 Å². The minimum atomic E-state index is -0.131. The molecule has 5 nitrogen and oxygen atoms in total. The van der Waals surface area contributed by atoms with Gasteiger partial charge in [-0.15, -0.1) is 0 Å². The van der Waals surface area contributed by atoms with Crippen molar-refractivity contribution in [3.05, 3.63) is 95.3 Å². The second kappa shape index (κ2) is 10.1. The Bertz CT molecular complexity index is 1160. The van der Waals surface area contributed by atoms with E-state index < -0.39 is 0 Å². The van der Waals surface area contributed by atoms with Crippen LogP contribution in [0, 0.1) is 0 Å². The van der Waals surface area contributed by atoms with E-state index in [1.165, 1.54) is 0 Å². The molecular weight excluding hydrogens is 410 g/mol. The molecule has 1 aromatic heterocycles.